The first-order valence-corrected chi connectivity index (χ1v) is 7.35. The summed E-state index contributed by atoms with van der Waals surface area (Å²) in [7, 11) is 0. The van der Waals surface area contributed by atoms with Gasteiger partial charge in [0, 0.05) is 23.9 Å². The van der Waals surface area contributed by atoms with Gasteiger partial charge in [-0.15, -0.1) is 0 Å². The van der Waals surface area contributed by atoms with Gasteiger partial charge >= 0.3 is 0 Å². The van der Waals surface area contributed by atoms with E-state index in [2.05, 4.69) is 25.4 Å². The van der Waals surface area contributed by atoms with Gasteiger partial charge in [-0.05, 0) is 31.9 Å². The highest BCUT2D eigenvalue weighted by Crippen LogP contribution is 2.29. The van der Waals surface area contributed by atoms with Crippen LogP contribution in [0.1, 0.15) is 39.5 Å². The molecule has 0 radical (unpaired) electrons. The molecule has 0 spiro atoms. The number of hydrogen-bond donors (Lipinski definition) is 1. The maximum Gasteiger partial charge on any atom is 0.0619 e. The molecule has 2 nitrogen and oxygen atoms in total. The molecule has 0 aliphatic carbocycles. The first kappa shape index (κ1) is 13.3. The van der Waals surface area contributed by atoms with Crippen molar-refractivity contribution in [3.8, 4) is 0 Å². The van der Waals surface area contributed by atoms with Gasteiger partial charge in [-0.3, -0.25) is 0 Å². The first-order chi connectivity index (χ1) is 7.26. The molecule has 1 atom stereocenters. The predicted octanol–water partition coefficient (Wildman–Crippen LogP) is 2.68. The molecule has 0 saturated carbocycles. The fraction of sp³-hybridized carbons (Fsp3) is 1.00. The highest BCUT2D eigenvalue weighted by molar-refractivity contribution is 8.00. The molecule has 1 rings (SSSR count). The van der Waals surface area contributed by atoms with Crippen LogP contribution >= 0.6 is 11.8 Å². The van der Waals surface area contributed by atoms with Gasteiger partial charge in [0.05, 0.1) is 6.61 Å². The minimum absolute atomic E-state index is 0.428. The molecule has 0 aromatic carbocycles. The molecular formula is C12H25NOS. The van der Waals surface area contributed by atoms with Crippen LogP contribution in [0.15, 0.2) is 0 Å². The van der Waals surface area contributed by atoms with Gasteiger partial charge < -0.3 is 10.1 Å². The zero-order valence-corrected chi connectivity index (χ0v) is 11.2. The Hall–Kier alpha value is 0.270. The smallest absolute Gasteiger partial charge is 0.0619 e. The Morgan fingerprint density at radius 3 is 2.60 bits per heavy atom. The molecule has 0 aromatic rings. The standard InChI is InChI=1S/C12H25NOS/c1-4-12(5-2,15-3)10-13-11-7-6-8-14-9-11/h11,13H,4-10H2,1-3H3. The summed E-state index contributed by atoms with van der Waals surface area (Å²) < 4.78 is 5.91. The molecule has 1 fully saturated rings. The van der Waals surface area contributed by atoms with Gasteiger partial charge in [-0.1, -0.05) is 13.8 Å². The summed E-state index contributed by atoms with van der Waals surface area (Å²) in [6.07, 6.45) is 7.20. The normalized spacial score (nSPS) is 23.0. The third-order valence-corrected chi connectivity index (χ3v) is 5.18. The largest absolute Gasteiger partial charge is 0.380 e. The maximum atomic E-state index is 5.48. The average molecular weight is 231 g/mol. The molecule has 90 valence electrons. The van der Waals surface area contributed by atoms with Crippen molar-refractivity contribution in [2.45, 2.75) is 50.3 Å². The van der Waals surface area contributed by atoms with E-state index in [0.717, 1.165) is 19.8 Å². The molecule has 1 aliphatic heterocycles. The van der Waals surface area contributed by atoms with E-state index in [1.54, 1.807) is 0 Å². The molecular weight excluding hydrogens is 206 g/mol. The van der Waals surface area contributed by atoms with Crippen LogP contribution in [0.4, 0.5) is 0 Å². The molecule has 1 saturated heterocycles. The number of rotatable bonds is 6. The molecule has 1 N–H and O–H groups in total. The molecule has 0 bridgehead atoms. The van der Waals surface area contributed by atoms with E-state index in [0.29, 0.717) is 10.8 Å². The maximum absolute atomic E-state index is 5.48. The van der Waals surface area contributed by atoms with Crippen LogP contribution in [0.2, 0.25) is 0 Å². The monoisotopic (exact) mass is 231 g/mol. The van der Waals surface area contributed by atoms with Crippen LogP contribution < -0.4 is 5.32 Å². The zero-order valence-electron chi connectivity index (χ0n) is 10.3. The van der Waals surface area contributed by atoms with Gasteiger partial charge in [0.25, 0.3) is 0 Å². The molecule has 0 amide bonds. The molecule has 1 heterocycles. The van der Waals surface area contributed by atoms with Gasteiger partial charge in [0.2, 0.25) is 0 Å². The number of ether oxygens (including phenoxy) is 1. The van der Waals surface area contributed by atoms with Crippen molar-refractivity contribution >= 4 is 11.8 Å². The van der Waals surface area contributed by atoms with E-state index in [4.69, 9.17) is 4.74 Å². The number of thioether (sulfide) groups is 1. The Balaban J connectivity index is 2.31. The van der Waals surface area contributed by atoms with Crippen LogP contribution in [0.3, 0.4) is 0 Å². The third kappa shape index (κ3) is 3.97. The fourth-order valence-electron chi connectivity index (χ4n) is 2.09. The van der Waals surface area contributed by atoms with Crippen LogP contribution in [0, 0.1) is 0 Å². The SMILES string of the molecule is CCC(CC)(CNC1CCCOC1)SC. The molecule has 15 heavy (non-hydrogen) atoms. The van der Waals surface area contributed by atoms with E-state index >= 15 is 0 Å². The lowest BCUT2D eigenvalue weighted by Crippen LogP contribution is -2.45. The summed E-state index contributed by atoms with van der Waals surface area (Å²) in [5.41, 5.74) is 0. The van der Waals surface area contributed by atoms with Crippen molar-refractivity contribution in [2.24, 2.45) is 0 Å². The quantitative estimate of drug-likeness (QED) is 0.759. The second-order valence-corrected chi connectivity index (χ2v) is 5.66. The summed E-state index contributed by atoms with van der Waals surface area (Å²) >= 11 is 2.00. The van der Waals surface area contributed by atoms with E-state index in [-0.39, 0.29) is 0 Å². The summed E-state index contributed by atoms with van der Waals surface area (Å²) in [5.74, 6) is 0. The van der Waals surface area contributed by atoms with Gasteiger partial charge in [-0.2, -0.15) is 11.8 Å². The Morgan fingerprint density at radius 2 is 2.13 bits per heavy atom. The summed E-state index contributed by atoms with van der Waals surface area (Å²) in [6.45, 7) is 7.55. The third-order valence-electron chi connectivity index (χ3n) is 3.59. The van der Waals surface area contributed by atoms with Gasteiger partial charge in [0.15, 0.2) is 0 Å². The number of hydrogen-bond acceptors (Lipinski definition) is 3. The highest BCUT2D eigenvalue weighted by Gasteiger charge is 2.26. The van der Waals surface area contributed by atoms with E-state index < -0.39 is 0 Å². The van der Waals surface area contributed by atoms with Crippen molar-refractivity contribution in [2.75, 3.05) is 26.0 Å². The first-order valence-electron chi connectivity index (χ1n) is 6.12. The Kier molecular flexibility index (Phi) is 6.02. The molecule has 1 unspecified atom stereocenters. The fourth-order valence-corrected chi connectivity index (χ4v) is 2.90. The van der Waals surface area contributed by atoms with Crippen LogP contribution in [0.25, 0.3) is 0 Å². The van der Waals surface area contributed by atoms with E-state index in [1.165, 1.54) is 25.7 Å². The van der Waals surface area contributed by atoms with Crippen LogP contribution in [-0.4, -0.2) is 36.8 Å². The van der Waals surface area contributed by atoms with E-state index in [1.807, 2.05) is 11.8 Å². The van der Waals surface area contributed by atoms with Gasteiger partial charge in [-0.25, -0.2) is 0 Å². The van der Waals surface area contributed by atoms with Crippen molar-refractivity contribution < 1.29 is 4.74 Å². The van der Waals surface area contributed by atoms with Crippen molar-refractivity contribution in [3.63, 3.8) is 0 Å². The van der Waals surface area contributed by atoms with Crippen molar-refractivity contribution in [1.82, 2.24) is 5.32 Å². The minimum Gasteiger partial charge on any atom is -0.380 e. The predicted molar refractivity (Wildman–Crippen MR) is 68.7 cm³/mol. The summed E-state index contributed by atoms with van der Waals surface area (Å²) in [6, 6.07) is 0.586. The topological polar surface area (TPSA) is 21.3 Å². The molecule has 1 aliphatic rings. The second kappa shape index (κ2) is 6.77. The molecule has 3 heteroatoms. The second-order valence-electron chi connectivity index (χ2n) is 4.39. The van der Waals surface area contributed by atoms with Crippen LogP contribution in [0.5, 0.6) is 0 Å². The Bertz CT molecular complexity index is 157. The minimum atomic E-state index is 0.428. The summed E-state index contributed by atoms with van der Waals surface area (Å²) in [5, 5.41) is 3.67. The number of nitrogens with one attached hydrogen (secondary N) is 1. The summed E-state index contributed by atoms with van der Waals surface area (Å²) in [4.78, 5) is 0. The zero-order chi connectivity index (χ0) is 11.1. The van der Waals surface area contributed by atoms with Crippen molar-refractivity contribution in [3.05, 3.63) is 0 Å². The van der Waals surface area contributed by atoms with Crippen molar-refractivity contribution in [1.29, 1.82) is 0 Å². The Morgan fingerprint density at radius 1 is 1.40 bits per heavy atom. The lowest BCUT2D eigenvalue weighted by molar-refractivity contribution is 0.0695. The Labute approximate surface area is 98.5 Å². The highest BCUT2D eigenvalue weighted by atomic mass is 32.2. The van der Waals surface area contributed by atoms with Gasteiger partial charge in [0.1, 0.15) is 0 Å². The molecule has 0 aromatic heterocycles. The lowest BCUT2D eigenvalue weighted by Gasteiger charge is -2.33. The van der Waals surface area contributed by atoms with E-state index in [9.17, 15) is 0 Å². The lowest BCUT2D eigenvalue weighted by atomic mass is 10.0. The average Bonchev–Trinajstić information content (AvgIpc) is 2.33. The van der Waals surface area contributed by atoms with Crippen LogP contribution in [-0.2, 0) is 4.74 Å².